The predicted molar refractivity (Wildman–Crippen MR) is 70.1 cm³/mol. The average molecular weight is 315 g/mol. The Balaban J connectivity index is 2.93. The van der Waals surface area contributed by atoms with Crippen LogP contribution in [0.15, 0.2) is 22.8 Å². The van der Waals surface area contributed by atoms with Crippen molar-refractivity contribution >= 4 is 27.8 Å². The van der Waals surface area contributed by atoms with E-state index in [2.05, 4.69) is 25.7 Å². The van der Waals surface area contributed by atoms with Crippen molar-refractivity contribution in [3.63, 3.8) is 0 Å². The van der Waals surface area contributed by atoms with Gasteiger partial charge in [0, 0.05) is 6.04 Å². The number of pyridine rings is 1. The second-order valence-corrected chi connectivity index (χ2v) is 4.76. The van der Waals surface area contributed by atoms with E-state index in [9.17, 15) is 9.59 Å². The van der Waals surface area contributed by atoms with E-state index in [1.54, 1.807) is 18.2 Å². The third kappa shape index (κ3) is 3.80. The van der Waals surface area contributed by atoms with Crippen LogP contribution in [0.3, 0.4) is 0 Å². The summed E-state index contributed by atoms with van der Waals surface area (Å²) in [6, 6.07) is 4.95. The number of aromatic nitrogens is 1. The normalized spacial score (nSPS) is 10.3. The number of ether oxygens (including phenoxy) is 1. The van der Waals surface area contributed by atoms with Gasteiger partial charge in [0.1, 0.15) is 16.8 Å². The van der Waals surface area contributed by atoms with Crippen molar-refractivity contribution < 1.29 is 14.3 Å². The molecule has 0 saturated carbocycles. The molecule has 0 aliphatic rings. The zero-order chi connectivity index (χ0) is 13.7. The monoisotopic (exact) mass is 314 g/mol. The minimum absolute atomic E-state index is 0.0821. The fraction of sp³-hybridized carbons (Fsp3) is 0.417. The van der Waals surface area contributed by atoms with E-state index in [1.165, 1.54) is 12.0 Å². The first kappa shape index (κ1) is 14.6. The highest BCUT2D eigenvalue weighted by atomic mass is 79.9. The molecule has 1 aromatic heterocycles. The molecule has 0 aliphatic heterocycles. The minimum atomic E-state index is -0.452. The van der Waals surface area contributed by atoms with Gasteiger partial charge in [-0.05, 0) is 41.9 Å². The number of hydrogen-bond donors (Lipinski definition) is 0. The number of methoxy groups -OCH3 is 1. The van der Waals surface area contributed by atoms with Crippen LogP contribution in [0.5, 0.6) is 0 Å². The number of nitrogens with zero attached hydrogens (tertiary/aromatic N) is 2. The molecule has 0 radical (unpaired) electrons. The maximum atomic E-state index is 12.2. The highest BCUT2D eigenvalue weighted by molar-refractivity contribution is 9.10. The van der Waals surface area contributed by atoms with Crippen LogP contribution in [0.1, 0.15) is 24.3 Å². The largest absolute Gasteiger partial charge is 0.468 e. The molecule has 1 heterocycles. The van der Waals surface area contributed by atoms with Crippen LogP contribution in [-0.2, 0) is 9.53 Å². The van der Waals surface area contributed by atoms with Crippen molar-refractivity contribution in [2.45, 2.75) is 19.9 Å². The molecular formula is C12H15BrN2O3. The number of hydrogen-bond acceptors (Lipinski definition) is 4. The molecule has 18 heavy (non-hydrogen) atoms. The number of carbonyl (C=O) groups excluding carboxylic acids is 2. The fourth-order valence-electron chi connectivity index (χ4n) is 1.37. The van der Waals surface area contributed by atoms with E-state index in [4.69, 9.17) is 0 Å². The van der Waals surface area contributed by atoms with Crippen LogP contribution >= 0.6 is 15.9 Å². The number of esters is 1. The Kier molecular flexibility index (Phi) is 5.27. The Morgan fingerprint density at radius 2 is 2.11 bits per heavy atom. The van der Waals surface area contributed by atoms with Gasteiger partial charge in [0.15, 0.2) is 0 Å². The molecule has 0 atom stereocenters. The molecule has 1 rings (SSSR count). The summed E-state index contributed by atoms with van der Waals surface area (Å²) in [6.07, 6.45) is 0. The molecule has 98 valence electrons. The number of amides is 1. The summed E-state index contributed by atoms with van der Waals surface area (Å²) in [7, 11) is 1.29. The van der Waals surface area contributed by atoms with Gasteiger partial charge in [-0.15, -0.1) is 0 Å². The molecule has 0 unspecified atom stereocenters. The Hall–Kier alpha value is -1.43. The van der Waals surface area contributed by atoms with Gasteiger partial charge in [0.2, 0.25) is 0 Å². The SMILES string of the molecule is COC(=O)CN(C(=O)c1cccc(Br)n1)C(C)C. The van der Waals surface area contributed by atoms with Gasteiger partial charge >= 0.3 is 5.97 Å². The predicted octanol–water partition coefficient (Wildman–Crippen LogP) is 1.87. The van der Waals surface area contributed by atoms with Gasteiger partial charge in [-0.25, -0.2) is 4.98 Å². The molecule has 0 N–H and O–H groups in total. The molecule has 5 nitrogen and oxygen atoms in total. The summed E-state index contributed by atoms with van der Waals surface area (Å²) < 4.78 is 5.16. The summed E-state index contributed by atoms with van der Waals surface area (Å²) in [5.74, 6) is -0.747. The van der Waals surface area contributed by atoms with Crippen molar-refractivity contribution in [2.24, 2.45) is 0 Å². The molecule has 0 bridgehead atoms. The van der Waals surface area contributed by atoms with Crippen molar-refractivity contribution in [3.05, 3.63) is 28.5 Å². The summed E-state index contributed by atoms with van der Waals surface area (Å²) in [4.78, 5) is 29.0. The molecule has 0 fully saturated rings. The van der Waals surface area contributed by atoms with Crippen molar-refractivity contribution in [3.8, 4) is 0 Å². The lowest BCUT2D eigenvalue weighted by Crippen LogP contribution is -2.41. The van der Waals surface area contributed by atoms with Crippen LogP contribution < -0.4 is 0 Å². The molecule has 1 amide bonds. The molecule has 0 saturated heterocycles. The van der Waals surface area contributed by atoms with E-state index in [-0.39, 0.29) is 18.5 Å². The van der Waals surface area contributed by atoms with Crippen LogP contribution in [0, 0.1) is 0 Å². The van der Waals surface area contributed by atoms with Gasteiger partial charge in [-0.1, -0.05) is 6.07 Å². The third-order valence-electron chi connectivity index (χ3n) is 2.35. The maximum Gasteiger partial charge on any atom is 0.325 e. The summed E-state index contributed by atoms with van der Waals surface area (Å²) in [5.41, 5.74) is 0.293. The van der Waals surface area contributed by atoms with E-state index < -0.39 is 5.97 Å². The average Bonchev–Trinajstić information content (AvgIpc) is 2.34. The quantitative estimate of drug-likeness (QED) is 0.629. The van der Waals surface area contributed by atoms with Gasteiger partial charge in [0.05, 0.1) is 7.11 Å². The standard InChI is InChI=1S/C12H15BrN2O3/c1-8(2)15(7-11(16)18-3)12(17)9-5-4-6-10(13)14-9/h4-6,8H,7H2,1-3H3. The van der Waals surface area contributed by atoms with E-state index >= 15 is 0 Å². The Morgan fingerprint density at radius 3 is 2.61 bits per heavy atom. The molecule has 0 aromatic carbocycles. The zero-order valence-corrected chi connectivity index (χ0v) is 12.1. The lowest BCUT2D eigenvalue weighted by Gasteiger charge is -2.25. The Labute approximate surface area is 114 Å². The first-order valence-corrected chi connectivity index (χ1v) is 6.25. The van der Waals surface area contributed by atoms with Crippen LogP contribution in [0.4, 0.5) is 0 Å². The number of carbonyl (C=O) groups is 2. The number of rotatable bonds is 4. The lowest BCUT2D eigenvalue weighted by atomic mass is 10.2. The van der Waals surface area contributed by atoms with Crippen LogP contribution in [0.2, 0.25) is 0 Å². The van der Waals surface area contributed by atoms with E-state index in [0.717, 1.165) is 0 Å². The van der Waals surface area contributed by atoms with Crippen LogP contribution in [-0.4, -0.2) is 41.5 Å². The van der Waals surface area contributed by atoms with Gasteiger partial charge < -0.3 is 9.64 Å². The molecule has 1 aromatic rings. The van der Waals surface area contributed by atoms with Crippen molar-refractivity contribution in [1.82, 2.24) is 9.88 Å². The fourth-order valence-corrected chi connectivity index (χ4v) is 1.71. The Bertz CT molecular complexity index is 449. The van der Waals surface area contributed by atoms with Gasteiger partial charge in [-0.2, -0.15) is 0 Å². The topological polar surface area (TPSA) is 59.5 Å². The number of halogens is 1. The van der Waals surface area contributed by atoms with Crippen LogP contribution in [0.25, 0.3) is 0 Å². The first-order chi connectivity index (χ1) is 8.45. The van der Waals surface area contributed by atoms with Crippen molar-refractivity contribution in [1.29, 1.82) is 0 Å². The van der Waals surface area contributed by atoms with Gasteiger partial charge in [0.25, 0.3) is 5.91 Å². The Morgan fingerprint density at radius 1 is 1.44 bits per heavy atom. The smallest absolute Gasteiger partial charge is 0.325 e. The second kappa shape index (κ2) is 6.49. The summed E-state index contributed by atoms with van der Waals surface area (Å²) in [5, 5.41) is 0. The zero-order valence-electron chi connectivity index (χ0n) is 10.5. The third-order valence-corrected chi connectivity index (χ3v) is 2.79. The summed E-state index contributed by atoms with van der Waals surface area (Å²) >= 11 is 3.21. The molecule has 0 spiro atoms. The summed E-state index contributed by atoms with van der Waals surface area (Å²) in [6.45, 7) is 3.58. The van der Waals surface area contributed by atoms with Crippen molar-refractivity contribution in [2.75, 3.05) is 13.7 Å². The molecular weight excluding hydrogens is 300 g/mol. The second-order valence-electron chi connectivity index (χ2n) is 3.95. The van der Waals surface area contributed by atoms with E-state index in [0.29, 0.717) is 10.3 Å². The van der Waals surface area contributed by atoms with Gasteiger partial charge in [-0.3, -0.25) is 9.59 Å². The maximum absolute atomic E-state index is 12.2. The highest BCUT2D eigenvalue weighted by Crippen LogP contribution is 2.10. The molecule has 0 aliphatic carbocycles. The highest BCUT2D eigenvalue weighted by Gasteiger charge is 2.22. The van der Waals surface area contributed by atoms with E-state index in [1.807, 2.05) is 13.8 Å². The first-order valence-electron chi connectivity index (χ1n) is 5.46. The minimum Gasteiger partial charge on any atom is -0.468 e. The molecule has 6 heteroatoms. The lowest BCUT2D eigenvalue weighted by molar-refractivity contribution is -0.141.